The molecular weight excluding hydrogens is 344 g/mol. The molecule has 7 heteroatoms. The number of imidazole rings is 1. The van der Waals surface area contributed by atoms with Gasteiger partial charge in [-0.3, -0.25) is 4.99 Å². The van der Waals surface area contributed by atoms with Gasteiger partial charge < -0.3 is 15.6 Å². The maximum atomic E-state index is 4.56. The standard InChI is InChI=1S/C19H24N6S/c1-13-14(2)26-18(24-13)9-10-21-19(20-3)23-12-17-22-11-16(25-17)15-7-5-4-6-8-15/h4-8,11H,9-10,12H2,1-3H3,(H,22,25)(H2,20,21,23). The van der Waals surface area contributed by atoms with Crippen LogP contribution < -0.4 is 10.6 Å². The highest BCUT2D eigenvalue weighted by Gasteiger charge is 2.06. The van der Waals surface area contributed by atoms with Gasteiger partial charge in [-0.1, -0.05) is 30.3 Å². The number of rotatable bonds is 6. The minimum atomic E-state index is 0.585. The summed E-state index contributed by atoms with van der Waals surface area (Å²) in [4.78, 5) is 17.9. The smallest absolute Gasteiger partial charge is 0.191 e. The molecule has 6 nitrogen and oxygen atoms in total. The Hall–Kier alpha value is -2.67. The summed E-state index contributed by atoms with van der Waals surface area (Å²) in [6, 6.07) is 10.2. The lowest BCUT2D eigenvalue weighted by Crippen LogP contribution is -2.38. The second-order valence-corrected chi connectivity index (χ2v) is 7.25. The molecule has 0 amide bonds. The Morgan fingerprint density at radius 2 is 2.00 bits per heavy atom. The maximum Gasteiger partial charge on any atom is 0.191 e. The van der Waals surface area contributed by atoms with E-state index in [4.69, 9.17) is 0 Å². The first-order chi connectivity index (χ1) is 12.7. The maximum absolute atomic E-state index is 4.56. The van der Waals surface area contributed by atoms with Gasteiger partial charge in [0.05, 0.1) is 29.1 Å². The van der Waals surface area contributed by atoms with Gasteiger partial charge in [0.25, 0.3) is 0 Å². The average Bonchev–Trinajstić information content (AvgIpc) is 3.25. The molecule has 0 aliphatic heterocycles. The molecule has 0 atom stereocenters. The molecule has 0 fully saturated rings. The Balaban J connectivity index is 1.47. The lowest BCUT2D eigenvalue weighted by atomic mass is 10.2. The van der Waals surface area contributed by atoms with Crippen LogP contribution in [0, 0.1) is 13.8 Å². The van der Waals surface area contributed by atoms with Gasteiger partial charge >= 0.3 is 0 Å². The van der Waals surface area contributed by atoms with Crippen molar-refractivity contribution in [3.63, 3.8) is 0 Å². The molecule has 3 rings (SSSR count). The molecule has 0 unspecified atom stereocenters. The molecule has 0 saturated heterocycles. The van der Waals surface area contributed by atoms with Gasteiger partial charge in [-0.2, -0.15) is 0 Å². The molecule has 3 aromatic rings. The number of aliphatic imine (C=N–C) groups is 1. The molecule has 26 heavy (non-hydrogen) atoms. The van der Waals surface area contributed by atoms with E-state index in [0.717, 1.165) is 46.7 Å². The van der Waals surface area contributed by atoms with Crippen LogP contribution in [-0.4, -0.2) is 34.5 Å². The van der Waals surface area contributed by atoms with Gasteiger partial charge in [0.1, 0.15) is 5.82 Å². The van der Waals surface area contributed by atoms with Crippen LogP contribution in [0.4, 0.5) is 0 Å². The van der Waals surface area contributed by atoms with Crippen LogP contribution in [-0.2, 0) is 13.0 Å². The summed E-state index contributed by atoms with van der Waals surface area (Å²) in [5.74, 6) is 1.63. The van der Waals surface area contributed by atoms with Crippen molar-refractivity contribution in [2.75, 3.05) is 13.6 Å². The van der Waals surface area contributed by atoms with Gasteiger partial charge in [0, 0.05) is 24.9 Å². The predicted octanol–water partition coefficient (Wildman–Crippen LogP) is 3.06. The number of H-pyrrole nitrogens is 1. The number of aromatic nitrogens is 3. The number of thiazole rings is 1. The van der Waals surface area contributed by atoms with E-state index in [1.807, 2.05) is 24.4 Å². The number of benzene rings is 1. The fourth-order valence-electron chi connectivity index (χ4n) is 2.54. The molecule has 2 heterocycles. The Kier molecular flexibility index (Phi) is 6.01. The topological polar surface area (TPSA) is 78.0 Å². The molecule has 136 valence electrons. The lowest BCUT2D eigenvalue weighted by Gasteiger charge is -2.10. The minimum Gasteiger partial charge on any atom is -0.356 e. The van der Waals surface area contributed by atoms with E-state index in [1.165, 1.54) is 4.88 Å². The van der Waals surface area contributed by atoms with E-state index in [-0.39, 0.29) is 0 Å². The molecule has 0 aliphatic carbocycles. The Bertz CT molecular complexity index is 846. The van der Waals surface area contributed by atoms with Gasteiger partial charge in [-0.25, -0.2) is 9.97 Å². The molecule has 1 aromatic carbocycles. The molecule has 3 N–H and O–H groups in total. The van der Waals surface area contributed by atoms with Crippen molar-refractivity contribution in [2.45, 2.75) is 26.8 Å². The van der Waals surface area contributed by atoms with Crippen LogP contribution in [0.2, 0.25) is 0 Å². The van der Waals surface area contributed by atoms with Gasteiger partial charge in [-0.05, 0) is 19.4 Å². The third-order valence-electron chi connectivity index (χ3n) is 4.06. The van der Waals surface area contributed by atoms with Crippen LogP contribution in [0.3, 0.4) is 0 Å². The van der Waals surface area contributed by atoms with E-state index in [2.05, 4.69) is 56.6 Å². The number of hydrogen-bond acceptors (Lipinski definition) is 4. The first-order valence-electron chi connectivity index (χ1n) is 8.62. The number of nitrogens with zero attached hydrogens (tertiary/aromatic N) is 3. The monoisotopic (exact) mass is 368 g/mol. The SMILES string of the molecule is CN=C(NCCc1nc(C)c(C)s1)NCc1ncc(-c2ccccc2)[nH]1. The van der Waals surface area contributed by atoms with Crippen LogP contribution in [0.5, 0.6) is 0 Å². The van der Waals surface area contributed by atoms with Crippen molar-refractivity contribution in [3.05, 3.63) is 57.9 Å². The molecular formula is C19H24N6S. The number of aromatic amines is 1. The highest BCUT2D eigenvalue weighted by molar-refractivity contribution is 7.11. The summed E-state index contributed by atoms with van der Waals surface area (Å²) < 4.78 is 0. The summed E-state index contributed by atoms with van der Waals surface area (Å²) >= 11 is 1.76. The number of nitrogens with one attached hydrogen (secondary N) is 3. The van der Waals surface area contributed by atoms with E-state index in [1.54, 1.807) is 18.4 Å². The second-order valence-electron chi connectivity index (χ2n) is 5.96. The van der Waals surface area contributed by atoms with E-state index in [0.29, 0.717) is 6.54 Å². The van der Waals surface area contributed by atoms with Gasteiger partial charge in [0.2, 0.25) is 0 Å². The molecule has 0 bridgehead atoms. The highest BCUT2D eigenvalue weighted by atomic mass is 32.1. The molecule has 0 aliphatic rings. The summed E-state index contributed by atoms with van der Waals surface area (Å²) in [6.07, 6.45) is 2.74. The quantitative estimate of drug-likeness (QED) is 0.462. The Labute approximate surface area is 157 Å². The van der Waals surface area contributed by atoms with E-state index >= 15 is 0 Å². The molecule has 0 radical (unpaired) electrons. The number of aryl methyl sites for hydroxylation is 2. The van der Waals surface area contributed by atoms with Crippen molar-refractivity contribution in [3.8, 4) is 11.3 Å². The largest absolute Gasteiger partial charge is 0.356 e. The predicted molar refractivity (Wildman–Crippen MR) is 108 cm³/mol. The summed E-state index contributed by atoms with van der Waals surface area (Å²) in [5.41, 5.74) is 3.27. The molecule has 2 aromatic heterocycles. The van der Waals surface area contributed by atoms with Crippen molar-refractivity contribution in [1.82, 2.24) is 25.6 Å². The summed E-state index contributed by atoms with van der Waals surface area (Å²) in [5, 5.41) is 7.75. The highest BCUT2D eigenvalue weighted by Crippen LogP contribution is 2.17. The van der Waals surface area contributed by atoms with E-state index in [9.17, 15) is 0 Å². The lowest BCUT2D eigenvalue weighted by molar-refractivity contribution is 0.771. The van der Waals surface area contributed by atoms with Crippen LogP contribution in [0.1, 0.15) is 21.4 Å². The van der Waals surface area contributed by atoms with Crippen molar-refractivity contribution in [2.24, 2.45) is 4.99 Å². The van der Waals surface area contributed by atoms with Crippen LogP contribution in [0.25, 0.3) is 11.3 Å². The zero-order chi connectivity index (χ0) is 18.4. The third-order valence-corrected chi connectivity index (χ3v) is 5.20. The summed E-state index contributed by atoms with van der Waals surface area (Å²) in [6.45, 7) is 5.54. The number of hydrogen-bond donors (Lipinski definition) is 3. The third kappa shape index (κ3) is 4.70. The minimum absolute atomic E-state index is 0.585. The Morgan fingerprint density at radius 1 is 1.19 bits per heavy atom. The van der Waals surface area contributed by atoms with Crippen molar-refractivity contribution >= 4 is 17.3 Å². The van der Waals surface area contributed by atoms with E-state index < -0.39 is 0 Å². The number of guanidine groups is 1. The molecule has 0 saturated carbocycles. The zero-order valence-corrected chi connectivity index (χ0v) is 16.2. The van der Waals surface area contributed by atoms with Gasteiger partial charge in [-0.15, -0.1) is 11.3 Å². The fourth-order valence-corrected chi connectivity index (χ4v) is 3.47. The summed E-state index contributed by atoms with van der Waals surface area (Å²) in [7, 11) is 1.77. The second kappa shape index (κ2) is 8.62. The van der Waals surface area contributed by atoms with Gasteiger partial charge in [0.15, 0.2) is 5.96 Å². The van der Waals surface area contributed by atoms with Crippen molar-refractivity contribution < 1.29 is 0 Å². The average molecular weight is 369 g/mol. The Morgan fingerprint density at radius 3 is 2.69 bits per heavy atom. The molecule has 0 spiro atoms. The van der Waals surface area contributed by atoms with Crippen LogP contribution >= 0.6 is 11.3 Å². The zero-order valence-electron chi connectivity index (χ0n) is 15.3. The van der Waals surface area contributed by atoms with Crippen molar-refractivity contribution in [1.29, 1.82) is 0 Å². The van der Waals surface area contributed by atoms with Crippen LogP contribution in [0.15, 0.2) is 41.5 Å². The first kappa shape index (κ1) is 18.1. The first-order valence-corrected chi connectivity index (χ1v) is 9.44. The normalized spacial score (nSPS) is 11.6. The fraction of sp³-hybridized carbons (Fsp3) is 0.316.